The molecule has 3 heterocycles. The zero-order valence-electron chi connectivity index (χ0n) is 8.85. The van der Waals surface area contributed by atoms with Gasteiger partial charge in [-0.1, -0.05) is 0 Å². The van der Waals surface area contributed by atoms with E-state index in [2.05, 4.69) is 9.55 Å². The second-order valence-corrected chi connectivity index (χ2v) is 5.75. The molecule has 2 atom stereocenters. The zero-order valence-corrected chi connectivity index (χ0v) is 9.67. The van der Waals surface area contributed by atoms with Crippen LogP contribution in [-0.2, 0) is 6.42 Å². The number of nitrogens with zero attached hydrogens (tertiary/aromatic N) is 2. The fraction of sp³-hybridized carbons (Fsp3) is 0.727. The number of imidazole rings is 1. The van der Waals surface area contributed by atoms with Crippen LogP contribution < -0.4 is 5.73 Å². The van der Waals surface area contributed by atoms with Gasteiger partial charge in [0.2, 0.25) is 0 Å². The first-order chi connectivity index (χ1) is 7.36. The molecule has 2 aliphatic heterocycles. The lowest BCUT2D eigenvalue weighted by Gasteiger charge is -2.25. The van der Waals surface area contributed by atoms with E-state index >= 15 is 0 Å². The number of hydrogen-bond acceptors (Lipinski definition) is 3. The molecule has 0 spiro atoms. The molecule has 2 aliphatic rings. The average molecular weight is 223 g/mol. The predicted molar refractivity (Wildman–Crippen MR) is 62.8 cm³/mol. The Bertz CT molecular complexity index is 355. The van der Waals surface area contributed by atoms with Gasteiger partial charge < -0.3 is 10.3 Å². The molecule has 0 aliphatic carbocycles. The summed E-state index contributed by atoms with van der Waals surface area (Å²) in [5.41, 5.74) is 7.52. The van der Waals surface area contributed by atoms with Crippen LogP contribution in [0.3, 0.4) is 0 Å². The summed E-state index contributed by atoms with van der Waals surface area (Å²) in [6, 6.07) is 0. The number of aromatic nitrogens is 2. The Morgan fingerprint density at radius 3 is 3.13 bits per heavy atom. The molecule has 15 heavy (non-hydrogen) atoms. The van der Waals surface area contributed by atoms with Crippen LogP contribution in [0.25, 0.3) is 0 Å². The minimum absolute atomic E-state index is 0.174. The van der Waals surface area contributed by atoms with E-state index in [1.165, 1.54) is 36.5 Å². The van der Waals surface area contributed by atoms with Crippen LogP contribution in [0.4, 0.5) is 0 Å². The first-order valence-corrected chi connectivity index (χ1v) is 6.84. The number of rotatable bonds is 1. The first kappa shape index (κ1) is 9.73. The third-order valence-electron chi connectivity index (χ3n) is 3.38. The average Bonchev–Trinajstić information content (AvgIpc) is 2.85. The molecule has 82 valence electrons. The third kappa shape index (κ3) is 1.60. The van der Waals surface area contributed by atoms with Crippen molar-refractivity contribution in [3.63, 3.8) is 0 Å². The topological polar surface area (TPSA) is 43.8 Å². The molecule has 1 aromatic rings. The summed E-state index contributed by atoms with van der Waals surface area (Å²) in [6.07, 6.45) is 8.27. The van der Waals surface area contributed by atoms with Crippen LogP contribution in [0.5, 0.6) is 0 Å². The standard InChI is InChI=1S/C11H17N3S/c12-10-5-1-3-8-7-13-11(14(8)10)9-4-2-6-15-9/h7,9-10H,1-6,12H2. The van der Waals surface area contributed by atoms with E-state index in [0.29, 0.717) is 5.25 Å². The van der Waals surface area contributed by atoms with Crippen molar-refractivity contribution in [2.24, 2.45) is 5.73 Å². The van der Waals surface area contributed by atoms with Crippen LogP contribution in [-0.4, -0.2) is 15.3 Å². The summed E-state index contributed by atoms with van der Waals surface area (Å²) in [7, 11) is 0. The molecule has 0 saturated carbocycles. The van der Waals surface area contributed by atoms with Gasteiger partial charge in [0.15, 0.2) is 0 Å². The Hall–Kier alpha value is -0.480. The third-order valence-corrected chi connectivity index (χ3v) is 4.76. The van der Waals surface area contributed by atoms with E-state index in [9.17, 15) is 0 Å². The molecule has 2 unspecified atom stereocenters. The van der Waals surface area contributed by atoms with Crippen molar-refractivity contribution in [2.45, 2.75) is 43.5 Å². The summed E-state index contributed by atoms with van der Waals surface area (Å²) in [5.74, 6) is 2.52. The van der Waals surface area contributed by atoms with Gasteiger partial charge in [-0.3, -0.25) is 0 Å². The van der Waals surface area contributed by atoms with Gasteiger partial charge in [0.25, 0.3) is 0 Å². The Balaban J connectivity index is 1.97. The Kier molecular flexibility index (Phi) is 2.48. The predicted octanol–water partition coefficient (Wildman–Crippen LogP) is 2.24. The Morgan fingerprint density at radius 1 is 1.40 bits per heavy atom. The van der Waals surface area contributed by atoms with E-state index < -0.39 is 0 Å². The van der Waals surface area contributed by atoms with Gasteiger partial charge in [-0.05, 0) is 37.9 Å². The second-order valence-electron chi connectivity index (χ2n) is 4.44. The lowest BCUT2D eigenvalue weighted by Crippen LogP contribution is -2.26. The molecule has 1 fully saturated rings. The maximum atomic E-state index is 6.17. The monoisotopic (exact) mass is 223 g/mol. The van der Waals surface area contributed by atoms with Crippen molar-refractivity contribution < 1.29 is 0 Å². The maximum Gasteiger partial charge on any atom is 0.123 e. The smallest absolute Gasteiger partial charge is 0.123 e. The highest BCUT2D eigenvalue weighted by Gasteiger charge is 2.27. The molecular formula is C11H17N3S. The van der Waals surface area contributed by atoms with Crippen LogP contribution in [0, 0.1) is 0 Å². The van der Waals surface area contributed by atoms with Crippen LogP contribution in [0.2, 0.25) is 0 Å². The number of hydrogen-bond donors (Lipinski definition) is 1. The van der Waals surface area contributed by atoms with Crippen LogP contribution in [0.1, 0.15) is 48.6 Å². The molecule has 0 bridgehead atoms. The number of aryl methyl sites for hydroxylation is 1. The lowest BCUT2D eigenvalue weighted by molar-refractivity contribution is 0.400. The molecule has 0 aromatic carbocycles. The number of thioether (sulfide) groups is 1. The second kappa shape index (κ2) is 3.83. The van der Waals surface area contributed by atoms with E-state index in [1.54, 1.807) is 0 Å². The largest absolute Gasteiger partial charge is 0.315 e. The Labute approximate surface area is 94.4 Å². The molecule has 1 aromatic heterocycles. The van der Waals surface area contributed by atoms with Gasteiger partial charge in [0.05, 0.1) is 11.4 Å². The SMILES string of the molecule is NC1CCCc2cnc(C3CCCS3)n21. The van der Waals surface area contributed by atoms with E-state index in [-0.39, 0.29) is 6.17 Å². The highest BCUT2D eigenvalue weighted by Crippen LogP contribution is 2.41. The van der Waals surface area contributed by atoms with Crippen LogP contribution >= 0.6 is 11.8 Å². The van der Waals surface area contributed by atoms with Gasteiger partial charge in [0, 0.05) is 11.9 Å². The fourth-order valence-corrected chi connectivity index (χ4v) is 3.90. The quantitative estimate of drug-likeness (QED) is 0.794. The van der Waals surface area contributed by atoms with E-state index in [1.807, 2.05) is 18.0 Å². The van der Waals surface area contributed by atoms with Crippen molar-refractivity contribution in [1.82, 2.24) is 9.55 Å². The minimum atomic E-state index is 0.174. The van der Waals surface area contributed by atoms with Crippen molar-refractivity contribution in [2.75, 3.05) is 5.75 Å². The highest BCUT2D eigenvalue weighted by atomic mass is 32.2. The molecule has 3 rings (SSSR count). The molecule has 3 nitrogen and oxygen atoms in total. The highest BCUT2D eigenvalue weighted by molar-refractivity contribution is 7.99. The first-order valence-electron chi connectivity index (χ1n) is 5.79. The molecule has 0 radical (unpaired) electrons. The van der Waals surface area contributed by atoms with Crippen molar-refractivity contribution in [3.05, 3.63) is 17.7 Å². The van der Waals surface area contributed by atoms with E-state index in [0.717, 1.165) is 12.8 Å². The summed E-state index contributed by atoms with van der Waals surface area (Å²) < 4.78 is 2.30. The molecule has 2 N–H and O–H groups in total. The van der Waals surface area contributed by atoms with Crippen molar-refractivity contribution in [1.29, 1.82) is 0 Å². The number of nitrogens with two attached hydrogens (primary N) is 1. The molecule has 1 saturated heterocycles. The summed E-state index contributed by atoms with van der Waals surface area (Å²) in [4.78, 5) is 4.59. The maximum absolute atomic E-state index is 6.17. The Morgan fingerprint density at radius 2 is 2.33 bits per heavy atom. The van der Waals surface area contributed by atoms with Crippen molar-refractivity contribution in [3.8, 4) is 0 Å². The summed E-state index contributed by atoms with van der Waals surface area (Å²) >= 11 is 2.04. The van der Waals surface area contributed by atoms with E-state index in [4.69, 9.17) is 5.73 Å². The summed E-state index contributed by atoms with van der Waals surface area (Å²) in [6.45, 7) is 0. The lowest BCUT2D eigenvalue weighted by atomic mass is 10.1. The van der Waals surface area contributed by atoms with Gasteiger partial charge >= 0.3 is 0 Å². The van der Waals surface area contributed by atoms with Gasteiger partial charge in [-0.25, -0.2) is 4.98 Å². The van der Waals surface area contributed by atoms with Crippen molar-refractivity contribution >= 4 is 11.8 Å². The van der Waals surface area contributed by atoms with Gasteiger partial charge in [0.1, 0.15) is 5.82 Å². The molecule has 0 amide bonds. The number of fused-ring (bicyclic) bond motifs is 1. The minimum Gasteiger partial charge on any atom is -0.315 e. The molecular weight excluding hydrogens is 206 g/mol. The van der Waals surface area contributed by atoms with Crippen LogP contribution in [0.15, 0.2) is 6.20 Å². The van der Waals surface area contributed by atoms with Gasteiger partial charge in [-0.15, -0.1) is 0 Å². The zero-order chi connectivity index (χ0) is 10.3. The fourth-order valence-electron chi connectivity index (χ4n) is 2.62. The van der Waals surface area contributed by atoms with Gasteiger partial charge in [-0.2, -0.15) is 11.8 Å². The summed E-state index contributed by atoms with van der Waals surface area (Å²) in [5, 5.41) is 0.600. The normalized spacial score (nSPS) is 30.5. The molecule has 4 heteroatoms.